The molecule has 1 fully saturated rings. The van der Waals surface area contributed by atoms with Gasteiger partial charge in [0.2, 0.25) is 0 Å². The average molecular weight is 281 g/mol. The zero-order valence-electron chi connectivity index (χ0n) is 9.32. The van der Waals surface area contributed by atoms with Gasteiger partial charge in [-0.05, 0) is 17.7 Å². The Morgan fingerprint density at radius 2 is 1.88 bits per heavy atom. The number of nitrogens with one attached hydrogen (secondary N) is 1. The van der Waals surface area contributed by atoms with Crippen LogP contribution in [-0.4, -0.2) is 31.1 Å². The van der Waals surface area contributed by atoms with E-state index < -0.39 is 0 Å². The number of rotatable bonds is 3. The van der Waals surface area contributed by atoms with Crippen LogP contribution in [0.15, 0.2) is 41.4 Å². The molecule has 0 aromatic heterocycles. The molecule has 0 unspecified atom stereocenters. The van der Waals surface area contributed by atoms with Crippen LogP contribution in [0.5, 0.6) is 0 Å². The Hall–Kier alpha value is -0.640. The van der Waals surface area contributed by atoms with E-state index in [1.165, 1.54) is 5.56 Å². The molecule has 1 saturated heterocycles. The molecule has 1 aliphatic rings. The van der Waals surface area contributed by atoms with Gasteiger partial charge in [-0.25, -0.2) is 0 Å². The summed E-state index contributed by atoms with van der Waals surface area (Å²) in [7, 11) is 0. The molecule has 0 radical (unpaired) electrons. The lowest BCUT2D eigenvalue weighted by molar-refractivity contribution is 0.203. The SMILES string of the molecule is C=C[C@@H](c1ccc(Br)cc1)N1CCNCC1. The van der Waals surface area contributed by atoms with Crippen LogP contribution < -0.4 is 5.32 Å². The molecule has 2 rings (SSSR count). The molecule has 0 aliphatic carbocycles. The second-order valence-corrected chi connectivity index (χ2v) is 4.93. The van der Waals surface area contributed by atoms with E-state index in [0.29, 0.717) is 6.04 Å². The maximum absolute atomic E-state index is 3.96. The monoisotopic (exact) mass is 280 g/mol. The number of nitrogens with zero attached hydrogens (tertiary/aromatic N) is 1. The van der Waals surface area contributed by atoms with Gasteiger partial charge in [-0.2, -0.15) is 0 Å². The van der Waals surface area contributed by atoms with Crippen molar-refractivity contribution in [3.05, 3.63) is 47.0 Å². The maximum atomic E-state index is 3.96. The van der Waals surface area contributed by atoms with Crippen molar-refractivity contribution in [2.75, 3.05) is 26.2 Å². The molecule has 1 aromatic carbocycles. The summed E-state index contributed by atoms with van der Waals surface area (Å²) in [5.41, 5.74) is 1.32. The Morgan fingerprint density at radius 3 is 2.44 bits per heavy atom. The van der Waals surface area contributed by atoms with Crippen molar-refractivity contribution in [1.82, 2.24) is 10.2 Å². The minimum atomic E-state index is 0.343. The maximum Gasteiger partial charge on any atom is 0.0529 e. The van der Waals surface area contributed by atoms with E-state index in [0.717, 1.165) is 30.7 Å². The smallest absolute Gasteiger partial charge is 0.0529 e. The Balaban J connectivity index is 2.14. The van der Waals surface area contributed by atoms with E-state index in [1.807, 2.05) is 6.08 Å². The molecule has 3 heteroatoms. The van der Waals surface area contributed by atoms with Gasteiger partial charge < -0.3 is 5.32 Å². The summed E-state index contributed by atoms with van der Waals surface area (Å²) in [5.74, 6) is 0. The van der Waals surface area contributed by atoms with E-state index in [2.05, 4.69) is 57.0 Å². The van der Waals surface area contributed by atoms with Gasteiger partial charge in [0.1, 0.15) is 0 Å². The fraction of sp³-hybridized carbons (Fsp3) is 0.385. The summed E-state index contributed by atoms with van der Waals surface area (Å²) in [6.07, 6.45) is 2.04. The molecule has 0 amide bonds. The number of hydrogen-bond acceptors (Lipinski definition) is 2. The Kier molecular flexibility index (Phi) is 4.16. The second kappa shape index (κ2) is 5.62. The quantitative estimate of drug-likeness (QED) is 0.857. The van der Waals surface area contributed by atoms with Crippen LogP contribution in [-0.2, 0) is 0 Å². The van der Waals surface area contributed by atoms with Crippen LogP contribution in [0, 0.1) is 0 Å². The number of piperazine rings is 1. The molecule has 2 nitrogen and oxygen atoms in total. The lowest BCUT2D eigenvalue weighted by atomic mass is 10.0. The van der Waals surface area contributed by atoms with Gasteiger partial charge >= 0.3 is 0 Å². The summed E-state index contributed by atoms with van der Waals surface area (Å²) in [5, 5.41) is 3.37. The molecular formula is C13H17BrN2. The molecule has 16 heavy (non-hydrogen) atoms. The first-order valence-electron chi connectivity index (χ1n) is 5.64. The second-order valence-electron chi connectivity index (χ2n) is 4.02. The highest BCUT2D eigenvalue weighted by Gasteiger charge is 2.18. The normalized spacial score (nSPS) is 19.3. The van der Waals surface area contributed by atoms with E-state index in [1.54, 1.807) is 0 Å². The van der Waals surface area contributed by atoms with Crippen molar-refractivity contribution in [1.29, 1.82) is 0 Å². The summed E-state index contributed by atoms with van der Waals surface area (Å²) in [6, 6.07) is 8.86. The van der Waals surface area contributed by atoms with Crippen molar-refractivity contribution in [3.63, 3.8) is 0 Å². The first-order valence-corrected chi connectivity index (χ1v) is 6.43. The Morgan fingerprint density at radius 1 is 1.25 bits per heavy atom. The van der Waals surface area contributed by atoms with Crippen molar-refractivity contribution >= 4 is 15.9 Å². The number of benzene rings is 1. The minimum absolute atomic E-state index is 0.343. The zero-order chi connectivity index (χ0) is 11.4. The van der Waals surface area contributed by atoms with Gasteiger partial charge in [-0.1, -0.05) is 34.1 Å². The van der Waals surface area contributed by atoms with E-state index in [4.69, 9.17) is 0 Å². The summed E-state index contributed by atoms with van der Waals surface area (Å²) >= 11 is 3.46. The predicted octanol–water partition coefficient (Wildman–Crippen LogP) is 2.58. The zero-order valence-corrected chi connectivity index (χ0v) is 10.9. The first kappa shape index (κ1) is 11.8. The van der Waals surface area contributed by atoms with Crippen molar-refractivity contribution in [3.8, 4) is 0 Å². The van der Waals surface area contributed by atoms with Crippen molar-refractivity contribution in [2.24, 2.45) is 0 Å². The lowest BCUT2D eigenvalue weighted by Gasteiger charge is -2.33. The van der Waals surface area contributed by atoms with Gasteiger partial charge in [-0.3, -0.25) is 4.90 Å². The third kappa shape index (κ3) is 2.73. The van der Waals surface area contributed by atoms with Crippen LogP contribution in [0.3, 0.4) is 0 Å². The topological polar surface area (TPSA) is 15.3 Å². The van der Waals surface area contributed by atoms with Gasteiger partial charge in [0, 0.05) is 30.7 Å². The summed E-state index contributed by atoms with van der Waals surface area (Å²) < 4.78 is 1.12. The first-order chi connectivity index (χ1) is 7.81. The van der Waals surface area contributed by atoms with Crippen LogP contribution >= 0.6 is 15.9 Å². The van der Waals surface area contributed by atoms with Gasteiger partial charge in [0.25, 0.3) is 0 Å². The van der Waals surface area contributed by atoms with Crippen molar-refractivity contribution < 1.29 is 0 Å². The lowest BCUT2D eigenvalue weighted by Crippen LogP contribution is -2.44. The van der Waals surface area contributed by atoms with Crippen LogP contribution in [0.2, 0.25) is 0 Å². The number of halogens is 1. The molecule has 1 aromatic rings. The average Bonchev–Trinajstić information content (AvgIpc) is 2.34. The van der Waals surface area contributed by atoms with Gasteiger partial charge in [0.05, 0.1) is 6.04 Å². The third-order valence-electron chi connectivity index (χ3n) is 2.98. The fourth-order valence-electron chi connectivity index (χ4n) is 2.12. The van der Waals surface area contributed by atoms with Gasteiger partial charge in [0.15, 0.2) is 0 Å². The molecule has 1 aliphatic heterocycles. The summed E-state index contributed by atoms with van der Waals surface area (Å²) in [6.45, 7) is 8.28. The molecule has 1 heterocycles. The highest BCUT2D eigenvalue weighted by atomic mass is 79.9. The minimum Gasteiger partial charge on any atom is -0.314 e. The summed E-state index contributed by atoms with van der Waals surface area (Å²) in [4.78, 5) is 2.47. The van der Waals surface area contributed by atoms with Crippen molar-refractivity contribution in [2.45, 2.75) is 6.04 Å². The Bertz CT molecular complexity index is 341. The molecule has 0 spiro atoms. The molecule has 1 atom stereocenters. The molecule has 0 bridgehead atoms. The van der Waals surface area contributed by atoms with E-state index >= 15 is 0 Å². The van der Waals surface area contributed by atoms with E-state index in [9.17, 15) is 0 Å². The van der Waals surface area contributed by atoms with Crippen LogP contribution in [0.4, 0.5) is 0 Å². The molecule has 1 N–H and O–H groups in total. The standard InChI is InChI=1S/C13H17BrN2/c1-2-13(16-9-7-15-8-10-16)11-3-5-12(14)6-4-11/h2-6,13,15H,1,7-10H2/t13-/m0/s1. The van der Waals surface area contributed by atoms with E-state index in [-0.39, 0.29) is 0 Å². The third-order valence-corrected chi connectivity index (χ3v) is 3.51. The van der Waals surface area contributed by atoms with Crippen LogP contribution in [0.1, 0.15) is 11.6 Å². The molecule has 0 saturated carbocycles. The Labute approximate surface area is 105 Å². The highest BCUT2D eigenvalue weighted by molar-refractivity contribution is 9.10. The highest BCUT2D eigenvalue weighted by Crippen LogP contribution is 2.23. The van der Waals surface area contributed by atoms with Gasteiger partial charge in [-0.15, -0.1) is 6.58 Å². The largest absolute Gasteiger partial charge is 0.314 e. The molecule has 86 valence electrons. The number of hydrogen-bond donors (Lipinski definition) is 1. The van der Waals surface area contributed by atoms with Crippen LogP contribution in [0.25, 0.3) is 0 Å². The molecular weight excluding hydrogens is 264 g/mol. The predicted molar refractivity (Wildman–Crippen MR) is 71.5 cm³/mol. The fourth-order valence-corrected chi connectivity index (χ4v) is 2.38.